The molecule has 122 valence electrons. The average Bonchev–Trinajstić information content (AvgIpc) is 2.52. The first kappa shape index (κ1) is 16.7. The summed E-state index contributed by atoms with van der Waals surface area (Å²) in [5.41, 5.74) is 1.66. The van der Waals surface area contributed by atoms with Crippen LogP contribution in [0.5, 0.6) is 0 Å². The van der Waals surface area contributed by atoms with Gasteiger partial charge in [0, 0.05) is 30.5 Å². The number of methoxy groups -OCH3 is 1. The number of esters is 1. The number of rotatable bonds is 5. The van der Waals surface area contributed by atoms with Crippen LogP contribution in [-0.2, 0) is 20.9 Å². The first-order valence-electron chi connectivity index (χ1n) is 7.22. The zero-order valence-corrected chi connectivity index (χ0v) is 12.9. The monoisotopic (exact) mass is 318 g/mol. The van der Waals surface area contributed by atoms with E-state index >= 15 is 0 Å². The van der Waals surface area contributed by atoms with Gasteiger partial charge in [-0.2, -0.15) is 0 Å². The standard InChI is InChI=1S/C16H18N2O5/c1-10-7-12(8-14(19)15(10)16(20)23-2)17-9-11-3-5-13(6-4-11)18(21)22/h3-6,8,10,15,17H,7,9H2,1-2H3. The van der Waals surface area contributed by atoms with Crippen LogP contribution in [0.15, 0.2) is 36.0 Å². The first-order chi connectivity index (χ1) is 10.9. The Bertz CT molecular complexity index is 651. The zero-order valence-electron chi connectivity index (χ0n) is 12.9. The van der Waals surface area contributed by atoms with Crippen LogP contribution in [0.25, 0.3) is 0 Å². The highest BCUT2D eigenvalue weighted by molar-refractivity contribution is 6.06. The van der Waals surface area contributed by atoms with Crippen molar-refractivity contribution in [1.29, 1.82) is 0 Å². The number of carbonyl (C=O) groups is 2. The Hall–Kier alpha value is -2.70. The smallest absolute Gasteiger partial charge is 0.316 e. The molecule has 0 spiro atoms. The molecule has 2 unspecified atom stereocenters. The summed E-state index contributed by atoms with van der Waals surface area (Å²) in [4.78, 5) is 33.8. The van der Waals surface area contributed by atoms with Crippen LogP contribution in [-0.4, -0.2) is 23.8 Å². The minimum absolute atomic E-state index is 0.0374. The molecule has 1 aliphatic rings. The molecule has 0 aromatic heterocycles. The lowest BCUT2D eigenvalue weighted by Gasteiger charge is -2.26. The van der Waals surface area contributed by atoms with Gasteiger partial charge in [-0.1, -0.05) is 19.1 Å². The summed E-state index contributed by atoms with van der Waals surface area (Å²) >= 11 is 0. The molecule has 0 saturated heterocycles. The van der Waals surface area contributed by atoms with Crippen LogP contribution in [0.4, 0.5) is 5.69 Å². The van der Waals surface area contributed by atoms with Crippen LogP contribution in [0, 0.1) is 22.0 Å². The summed E-state index contributed by atoms with van der Waals surface area (Å²) in [7, 11) is 1.27. The third-order valence-corrected chi connectivity index (χ3v) is 3.86. The first-order valence-corrected chi connectivity index (χ1v) is 7.22. The van der Waals surface area contributed by atoms with Gasteiger partial charge in [0.05, 0.1) is 12.0 Å². The molecule has 7 nitrogen and oxygen atoms in total. The Kier molecular flexibility index (Phi) is 5.10. The van der Waals surface area contributed by atoms with Gasteiger partial charge in [0.1, 0.15) is 5.92 Å². The summed E-state index contributed by atoms with van der Waals surface area (Å²) in [5, 5.41) is 13.7. The van der Waals surface area contributed by atoms with E-state index in [9.17, 15) is 19.7 Å². The molecule has 0 heterocycles. The summed E-state index contributed by atoms with van der Waals surface area (Å²) in [6.07, 6.45) is 2.01. The normalized spacial score (nSPS) is 20.6. The van der Waals surface area contributed by atoms with Crippen LogP contribution in [0.1, 0.15) is 18.9 Å². The van der Waals surface area contributed by atoms with Crippen molar-refractivity contribution < 1.29 is 19.2 Å². The van der Waals surface area contributed by atoms with Gasteiger partial charge >= 0.3 is 5.97 Å². The molecule has 23 heavy (non-hydrogen) atoms. The number of nitro benzene ring substituents is 1. The number of ether oxygens (including phenoxy) is 1. The molecule has 1 aromatic rings. The molecule has 0 radical (unpaired) electrons. The van der Waals surface area contributed by atoms with E-state index < -0.39 is 16.8 Å². The van der Waals surface area contributed by atoms with Gasteiger partial charge in [-0.3, -0.25) is 19.7 Å². The summed E-state index contributed by atoms with van der Waals surface area (Å²) in [6.45, 7) is 2.28. The molecular formula is C16H18N2O5. The quantitative estimate of drug-likeness (QED) is 0.386. The SMILES string of the molecule is COC(=O)C1C(=O)C=C(NCc2ccc([N+](=O)[O-])cc2)CC1C. The second kappa shape index (κ2) is 7.04. The van der Waals surface area contributed by atoms with Gasteiger partial charge in [0.25, 0.3) is 5.69 Å². The molecule has 0 fully saturated rings. The Labute approximate surface area is 133 Å². The maximum atomic E-state index is 12.1. The lowest BCUT2D eigenvalue weighted by molar-refractivity contribution is -0.384. The number of allylic oxidation sites excluding steroid dienone is 2. The lowest BCUT2D eigenvalue weighted by atomic mass is 9.82. The van der Waals surface area contributed by atoms with Crippen molar-refractivity contribution in [3.63, 3.8) is 0 Å². The number of nitrogens with one attached hydrogen (secondary N) is 1. The molecule has 0 bridgehead atoms. The Morgan fingerprint density at radius 3 is 2.57 bits per heavy atom. The molecule has 1 N–H and O–H groups in total. The minimum atomic E-state index is -0.745. The zero-order chi connectivity index (χ0) is 17.0. The predicted octanol–water partition coefficient (Wildman–Crippen LogP) is 1.97. The van der Waals surface area contributed by atoms with E-state index in [0.29, 0.717) is 13.0 Å². The molecule has 2 rings (SSSR count). The van der Waals surface area contributed by atoms with Gasteiger partial charge in [0.15, 0.2) is 5.78 Å². The second-order valence-corrected chi connectivity index (χ2v) is 5.53. The maximum absolute atomic E-state index is 12.1. The molecule has 7 heteroatoms. The summed E-state index contributed by atoms with van der Waals surface area (Å²) in [6, 6.07) is 6.20. The fraction of sp³-hybridized carbons (Fsp3) is 0.375. The molecule has 0 amide bonds. The molecule has 1 aromatic carbocycles. The van der Waals surface area contributed by atoms with E-state index in [0.717, 1.165) is 11.3 Å². The van der Waals surface area contributed by atoms with Crippen LogP contribution in [0.3, 0.4) is 0 Å². The van der Waals surface area contributed by atoms with E-state index in [2.05, 4.69) is 10.1 Å². The number of nitro groups is 1. The van der Waals surface area contributed by atoms with Gasteiger partial charge < -0.3 is 10.1 Å². The van der Waals surface area contributed by atoms with Crippen molar-refractivity contribution in [2.24, 2.45) is 11.8 Å². The van der Waals surface area contributed by atoms with Crippen molar-refractivity contribution in [2.75, 3.05) is 7.11 Å². The molecular weight excluding hydrogens is 300 g/mol. The second-order valence-electron chi connectivity index (χ2n) is 5.53. The van der Waals surface area contributed by atoms with E-state index in [1.165, 1.54) is 25.3 Å². The van der Waals surface area contributed by atoms with Crippen LogP contribution < -0.4 is 5.32 Å². The van der Waals surface area contributed by atoms with Crippen molar-refractivity contribution in [1.82, 2.24) is 5.32 Å². The fourth-order valence-corrected chi connectivity index (χ4v) is 2.62. The van der Waals surface area contributed by atoms with E-state index in [4.69, 9.17) is 0 Å². The molecule has 0 aliphatic heterocycles. The predicted molar refractivity (Wildman–Crippen MR) is 82.3 cm³/mol. The highest BCUT2D eigenvalue weighted by atomic mass is 16.6. The van der Waals surface area contributed by atoms with Crippen molar-refractivity contribution in [3.05, 3.63) is 51.7 Å². The number of carbonyl (C=O) groups excluding carboxylic acids is 2. The van der Waals surface area contributed by atoms with Crippen molar-refractivity contribution >= 4 is 17.4 Å². The highest BCUT2D eigenvalue weighted by Crippen LogP contribution is 2.27. The van der Waals surface area contributed by atoms with E-state index in [1.807, 2.05) is 6.92 Å². The lowest BCUT2D eigenvalue weighted by Crippen LogP contribution is -2.35. The Morgan fingerprint density at radius 2 is 2.04 bits per heavy atom. The highest BCUT2D eigenvalue weighted by Gasteiger charge is 2.35. The largest absolute Gasteiger partial charge is 0.468 e. The van der Waals surface area contributed by atoms with E-state index in [-0.39, 0.29) is 17.4 Å². The van der Waals surface area contributed by atoms with Gasteiger partial charge in [-0.05, 0) is 17.9 Å². The number of ketones is 1. The topological polar surface area (TPSA) is 98.5 Å². The summed E-state index contributed by atoms with van der Waals surface area (Å²) < 4.78 is 4.66. The Balaban J connectivity index is 2.00. The number of benzene rings is 1. The van der Waals surface area contributed by atoms with Crippen LogP contribution in [0.2, 0.25) is 0 Å². The number of nitrogens with zero attached hydrogens (tertiary/aromatic N) is 1. The number of non-ortho nitro benzene ring substituents is 1. The third kappa shape index (κ3) is 3.94. The molecule has 1 aliphatic carbocycles. The van der Waals surface area contributed by atoms with Crippen LogP contribution >= 0.6 is 0 Å². The van der Waals surface area contributed by atoms with Crippen molar-refractivity contribution in [2.45, 2.75) is 19.9 Å². The van der Waals surface area contributed by atoms with E-state index in [1.54, 1.807) is 12.1 Å². The average molecular weight is 318 g/mol. The van der Waals surface area contributed by atoms with Gasteiger partial charge in [0.2, 0.25) is 0 Å². The number of hydrogen-bond donors (Lipinski definition) is 1. The maximum Gasteiger partial charge on any atom is 0.316 e. The fourth-order valence-electron chi connectivity index (χ4n) is 2.62. The Morgan fingerprint density at radius 1 is 1.39 bits per heavy atom. The molecule has 0 saturated carbocycles. The van der Waals surface area contributed by atoms with Crippen molar-refractivity contribution in [3.8, 4) is 0 Å². The third-order valence-electron chi connectivity index (χ3n) is 3.86. The van der Waals surface area contributed by atoms with Gasteiger partial charge in [-0.15, -0.1) is 0 Å². The summed E-state index contributed by atoms with van der Waals surface area (Å²) in [5.74, 6) is -1.65. The molecule has 2 atom stereocenters. The number of hydrogen-bond acceptors (Lipinski definition) is 6. The van der Waals surface area contributed by atoms with Gasteiger partial charge in [-0.25, -0.2) is 0 Å². The minimum Gasteiger partial charge on any atom is -0.468 e.